The van der Waals surface area contributed by atoms with Crippen molar-refractivity contribution < 1.29 is 19.2 Å². The van der Waals surface area contributed by atoms with Gasteiger partial charge in [0.25, 0.3) is 11.6 Å². The molecule has 188 valence electrons. The highest BCUT2D eigenvalue weighted by Crippen LogP contribution is 2.40. The first kappa shape index (κ1) is 28.0. The second-order valence-electron chi connectivity index (χ2n) is 7.34. The Bertz CT molecular complexity index is 1140. The number of nitro benzene ring substituents is 1. The molecule has 0 saturated carbocycles. The van der Waals surface area contributed by atoms with Crippen molar-refractivity contribution in [1.82, 2.24) is 9.88 Å². The lowest BCUT2D eigenvalue weighted by Gasteiger charge is -2.23. The summed E-state index contributed by atoms with van der Waals surface area (Å²) in [6.45, 7) is 7.05. The van der Waals surface area contributed by atoms with E-state index in [0.29, 0.717) is 40.8 Å². The van der Waals surface area contributed by atoms with E-state index >= 15 is 0 Å². The van der Waals surface area contributed by atoms with Crippen LogP contribution in [0.25, 0.3) is 16.3 Å². The predicted molar refractivity (Wildman–Crippen MR) is 142 cm³/mol. The number of carbonyl (C=O) groups is 1. The fraction of sp³-hybridized carbons (Fsp3) is 0.333. The number of carbonyl (C=O) groups excluding carboxylic acids is 1. The minimum atomic E-state index is -0.455. The number of aromatic nitrogens is 1. The van der Waals surface area contributed by atoms with Gasteiger partial charge in [-0.1, -0.05) is 25.2 Å². The molecule has 9 nitrogen and oxygen atoms in total. The molecule has 0 bridgehead atoms. The second-order valence-corrected chi connectivity index (χ2v) is 8.32. The number of halogens is 1. The molecule has 0 aliphatic rings. The van der Waals surface area contributed by atoms with Crippen LogP contribution in [0, 0.1) is 10.1 Å². The van der Waals surface area contributed by atoms with Crippen LogP contribution in [0.1, 0.15) is 19.4 Å². The molecule has 11 heteroatoms. The molecule has 1 aromatic heterocycles. The van der Waals surface area contributed by atoms with Crippen molar-refractivity contribution in [3.63, 3.8) is 0 Å². The Hall–Kier alpha value is -3.21. The van der Waals surface area contributed by atoms with Gasteiger partial charge in [0, 0.05) is 31.3 Å². The Morgan fingerprint density at radius 2 is 1.69 bits per heavy atom. The summed E-state index contributed by atoms with van der Waals surface area (Å²) in [5.41, 5.74) is 1.33. The second kappa shape index (κ2) is 13.0. The van der Waals surface area contributed by atoms with Crippen molar-refractivity contribution in [2.24, 2.45) is 0 Å². The number of non-ortho nitro benzene ring substituents is 1. The van der Waals surface area contributed by atoms with E-state index in [-0.39, 0.29) is 24.0 Å². The number of methoxy groups -OCH3 is 2. The number of nitro groups is 1. The largest absolute Gasteiger partial charge is 0.495 e. The molecular formula is C24H29ClN4O5S. The lowest BCUT2D eigenvalue weighted by Crippen LogP contribution is -2.38. The summed E-state index contributed by atoms with van der Waals surface area (Å²) in [6.07, 6.45) is 3.11. The molecule has 0 aliphatic carbocycles. The summed E-state index contributed by atoms with van der Waals surface area (Å²) in [6, 6.07) is 9.65. The number of nitrogens with zero attached hydrogens (tertiary/aromatic N) is 4. The van der Waals surface area contributed by atoms with Gasteiger partial charge in [0.1, 0.15) is 21.7 Å². The zero-order valence-corrected chi connectivity index (χ0v) is 21.7. The molecule has 2 aromatic carbocycles. The summed E-state index contributed by atoms with van der Waals surface area (Å²) in [5, 5.41) is 11.4. The van der Waals surface area contributed by atoms with Gasteiger partial charge in [0.15, 0.2) is 5.13 Å². The molecule has 0 fully saturated rings. The van der Waals surface area contributed by atoms with Crippen LogP contribution in [0.3, 0.4) is 0 Å². The van der Waals surface area contributed by atoms with Crippen LogP contribution >= 0.6 is 23.7 Å². The maximum atomic E-state index is 13.3. The van der Waals surface area contributed by atoms with E-state index in [1.807, 2.05) is 6.07 Å². The Balaban J connectivity index is 0.00000432. The van der Waals surface area contributed by atoms with Crippen molar-refractivity contribution >= 4 is 56.8 Å². The fourth-order valence-electron chi connectivity index (χ4n) is 3.44. The third-order valence-corrected chi connectivity index (χ3v) is 6.55. The van der Waals surface area contributed by atoms with E-state index < -0.39 is 4.92 Å². The molecule has 35 heavy (non-hydrogen) atoms. The first-order chi connectivity index (χ1) is 16.4. The first-order valence-corrected chi connectivity index (χ1v) is 11.7. The Labute approximate surface area is 214 Å². The standard InChI is InChI=1S/C24H28N4O5S.ClH/c1-5-26(6-2)15-16-27(21(29)14-9-17-7-10-18(11-8-17)28(30)31)24-25-22-19(32-3)12-13-20(33-4)23(22)34-24;/h7-14H,5-6,15-16H2,1-4H3;1H. The number of anilines is 1. The van der Waals surface area contributed by atoms with E-state index in [1.54, 1.807) is 43.4 Å². The molecule has 3 rings (SSSR count). The van der Waals surface area contributed by atoms with Crippen molar-refractivity contribution in [2.45, 2.75) is 13.8 Å². The summed E-state index contributed by atoms with van der Waals surface area (Å²) in [5.74, 6) is 1.04. The van der Waals surface area contributed by atoms with Crippen LogP contribution in [0.5, 0.6) is 11.5 Å². The number of ether oxygens (including phenoxy) is 2. The fourth-order valence-corrected chi connectivity index (χ4v) is 4.54. The highest BCUT2D eigenvalue weighted by Gasteiger charge is 2.22. The van der Waals surface area contributed by atoms with Crippen LogP contribution in [0.2, 0.25) is 0 Å². The van der Waals surface area contributed by atoms with Gasteiger partial charge in [-0.3, -0.25) is 19.8 Å². The van der Waals surface area contributed by atoms with E-state index in [2.05, 4.69) is 18.7 Å². The average molecular weight is 521 g/mol. The lowest BCUT2D eigenvalue weighted by atomic mass is 10.2. The highest BCUT2D eigenvalue weighted by atomic mass is 35.5. The lowest BCUT2D eigenvalue weighted by molar-refractivity contribution is -0.384. The molecule has 3 aromatic rings. The van der Waals surface area contributed by atoms with Gasteiger partial charge >= 0.3 is 0 Å². The molecule has 0 N–H and O–H groups in total. The van der Waals surface area contributed by atoms with Gasteiger partial charge in [-0.2, -0.15) is 0 Å². The predicted octanol–water partition coefficient (Wildman–Crippen LogP) is 5.03. The number of rotatable bonds is 11. The van der Waals surface area contributed by atoms with Crippen molar-refractivity contribution in [3.05, 3.63) is 58.2 Å². The molecule has 0 atom stereocenters. The van der Waals surface area contributed by atoms with Crippen molar-refractivity contribution in [3.8, 4) is 11.5 Å². The summed E-state index contributed by atoms with van der Waals surface area (Å²) < 4.78 is 11.7. The van der Waals surface area contributed by atoms with E-state index in [1.165, 1.54) is 29.5 Å². The van der Waals surface area contributed by atoms with E-state index in [0.717, 1.165) is 17.8 Å². The normalized spacial score (nSPS) is 11.0. The Morgan fingerprint density at radius 3 is 2.26 bits per heavy atom. The average Bonchev–Trinajstić information content (AvgIpc) is 3.30. The maximum Gasteiger partial charge on any atom is 0.269 e. The number of hydrogen-bond acceptors (Lipinski definition) is 8. The molecule has 1 amide bonds. The third-order valence-electron chi connectivity index (χ3n) is 5.45. The molecule has 0 unspecified atom stereocenters. The van der Waals surface area contributed by atoms with Gasteiger partial charge in [-0.25, -0.2) is 4.98 Å². The van der Waals surface area contributed by atoms with E-state index in [9.17, 15) is 14.9 Å². The smallest absolute Gasteiger partial charge is 0.269 e. The van der Waals surface area contributed by atoms with Gasteiger partial charge < -0.3 is 14.4 Å². The minimum absolute atomic E-state index is 0. The van der Waals surface area contributed by atoms with Crippen LogP contribution in [-0.2, 0) is 4.79 Å². The molecule has 0 radical (unpaired) electrons. The summed E-state index contributed by atoms with van der Waals surface area (Å²) in [4.78, 5) is 32.3. The Morgan fingerprint density at radius 1 is 1.06 bits per heavy atom. The molecule has 0 saturated heterocycles. The van der Waals surface area contributed by atoms with Crippen molar-refractivity contribution in [1.29, 1.82) is 0 Å². The van der Waals surface area contributed by atoms with Crippen LogP contribution < -0.4 is 14.4 Å². The molecule has 0 aliphatic heterocycles. The minimum Gasteiger partial charge on any atom is -0.495 e. The topological polar surface area (TPSA) is 98.0 Å². The quantitative estimate of drug-likeness (QED) is 0.198. The van der Waals surface area contributed by atoms with Crippen LogP contribution in [0.4, 0.5) is 10.8 Å². The SMILES string of the molecule is CCN(CC)CCN(C(=O)C=Cc1ccc([N+](=O)[O-])cc1)c1nc2c(OC)ccc(OC)c2s1.Cl. The molecular weight excluding hydrogens is 492 g/mol. The maximum absolute atomic E-state index is 13.3. The van der Waals surface area contributed by atoms with Crippen LogP contribution in [-0.4, -0.2) is 61.1 Å². The first-order valence-electron chi connectivity index (χ1n) is 10.9. The highest BCUT2D eigenvalue weighted by molar-refractivity contribution is 7.22. The summed E-state index contributed by atoms with van der Waals surface area (Å²) in [7, 11) is 3.17. The number of likely N-dealkylation sites (N-methyl/N-ethyl adjacent to an activating group) is 1. The van der Waals surface area contributed by atoms with E-state index in [4.69, 9.17) is 14.5 Å². The third kappa shape index (κ3) is 6.68. The summed E-state index contributed by atoms with van der Waals surface area (Å²) >= 11 is 1.37. The number of fused-ring (bicyclic) bond motifs is 1. The molecule has 0 spiro atoms. The monoisotopic (exact) mass is 520 g/mol. The molecule has 1 heterocycles. The number of thiazole rings is 1. The van der Waals surface area contributed by atoms with Gasteiger partial charge in [0.05, 0.1) is 19.1 Å². The zero-order chi connectivity index (χ0) is 24.7. The number of hydrogen-bond donors (Lipinski definition) is 0. The van der Waals surface area contributed by atoms with Gasteiger partial charge in [0.2, 0.25) is 0 Å². The number of amides is 1. The Kier molecular flexibility index (Phi) is 10.4. The van der Waals surface area contributed by atoms with Gasteiger partial charge in [-0.05, 0) is 49.0 Å². The zero-order valence-electron chi connectivity index (χ0n) is 20.1. The van der Waals surface area contributed by atoms with Crippen LogP contribution in [0.15, 0.2) is 42.5 Å². The van der Waals surface area contributed by atoms with Crippen molar-refractivity contribution in [2.75, 3.05) is 45.3 Å². The number of benzene rings is 2. The van der Waals surface area contributed by atoms with Gasteiger partial charge in [-0.15, -0.1) is 12.4 Å².